The molecule has 0 saturated heterocycles. The minimum Gasteiger partial charge on any atom is -0.292 e. The number of para-hydroxylation sites is 2. The van der Waals surface area contributed by atoms with Gasteiger partial charge in [0, 0.05) is 13.1 Å². The Hall–Kier alpha value is -1.77. The molecule has 0 saturated carbocycles. The van der Waals surface area contributed by atoms with Crippen LogP contribution in [0.1, 0.15) is 19.8 Å². The fourth-order valence-electron chi connectivity index (χ4n) is 2.19. The summed E-state index contributed by atoms with van der Waals surface area (Å²) in [5.74, 6) is 0. The third-order valence-electron chi connectivity index (χ3n) is 3.03. The molecule has 0 N–H and O–H groups in total. The number of hydrogen-bond donors (Lipinski definition) is 0. The molecule has 1 aromatic carbocycles. The van der Waals surface area contributed by atoms with Gasteiger partial charge < -0.3 is 0 Å². The van der Waals surface area contributed by atoms with Crippen LogP contribution in [0.4, 0.5) is 0 Å². The number of unbranched alkanes of at least 4 members (excludes halogenated alkanes) is 1. The number of fused-ring (bicyclic) bond motifs is 1. The fourth-order valence-corrected chi connectivity index (χ4v) is 2.19. The first-order chi connectivity index (χ1) is 8.29. The maximum atomic E-state index is 12.2. The van der Waals surface area contributed by atoms with Crippen molar-refractivity contribution in [2.24, 2.45) is 0 Å². The van der Waals surface area contributed by atoms with Crippen LogP contribution in [-0.2, 0) is 13.1 Å². The highest BCUT2D eigenvalue weighted by molar-refractivity contribution is 5.75. The first-order valence-electron chi connectivity index (χ1n) is 6.08. The maximum Gasteiger partial charge on any atom is 0.329 e. The summed E-state index contributed by atoms with van der Waals surface area (Å²) >= 11 is 0. The summed E-state index contributed by atoms with van der Waals surface area (Å²) in [5.41, 5.74) is 2.15. The molecule has 90 valence electrons. The van der Waals surface area contributed by atoms with E-state index in [1.54, 1.807) is 0 Å². The molecule has 0 aliphatic heterocycles. The van der Waals surface area contributed by atoms with Crippen LogP contribution in [0.5, 0.6) is 0 Å². The molecule has 0 bridgehead atoms. The Morgan fingerprint density at radius 3 is 2.47 bits per heavy atom. The SMILES string of the molecule is C=CCCCn1c(=O)n(CC)c2ccccc21. The molecule has 17 heavy (non-hydrogen) atoms. The zero-order valence-corrected chi connectivity index (χ0v) is 10.2. The lowest BCUT2D eigenvalue weighted by Gasteiger charge is -2.00. The number of aromatic nitrogens is 2. The predicted octanol–water partition coefficient (Wildman–Crippen LogP) is 2.79. The highest BCUT2D eigenvalue weighted by atomic mass is 16.1. The summed E-state index contributed by atoms with van der Waals surface area (Å²) in [6, 6.07) is 7.97. The Morgan fingerprint density at radius 2 is 1.88 bits per heavy atom. The standard InChI is InChI=1S/C14H18N2O/c1-3-5-8-11-16-13-10-7-6-9-12(13)15(4-2)14(16)17/h3,6-7,9-10H,1,4-5,8,11H2,2H3. The zero-order valence-electron chi connectivity index (χ0n) is 10.2. The average molecular weight is 230 g/mol. The first-order valence-corrected chi connectivity index (χ1v) is 6.08. The molecule has 0 radical (unpaired) electrons. The number of nitrogens with zero attached hydrogens (tertiary/aromatic N) is 2. The Kier molecular flexibility index (Phi) is 3.47. The topological polar surface area (TPSA) is 26.9 Å². The van der Waals surface area contributed by atoms with Crippen molar-refractivity contribution in [3.8, 4) is 0 Å². The number of benzene rings is 1. The van der Waals surface area contributed by atoms with E-state index >= 15 is 0 Å². The smallest absolute Gasteiger partial charge is 0.292 e. The molecule has 0 atom stereocenters. The second kappa shape index (κ2) is 5.04. The van der Waals surface area contributed by atoms with E-state index in [4.69, 9.17) is 0 Å². The van der Waals surface area contributed by atoms with Crippen molar-refractivity contribution in [1.29, 1.82) is 0 Å². The molecular weight excluding hydrogens is 212 g/mol. The van der Waals surface area contributed by atoms with Gasteiger partial charge in [0.2, 0.25) is 0 Å². The van der Waals surface area contributed by atoms with Crippen LogP contribution >= 0.6 is 0 Å². The number of rotatable bonds is 5. The molecule has 0 unspecified atom stereocenters. The highest BCUT2D eigenvalue weighted by Crippen LogP contribution is 2.13. The van der Waals surface area contributed by atoms with E-state index in [0.717, 1.165) is 30.4 Å². The van der Waals surface area contributed by atoms with Gasteiger partial charge in [0.15, 0.2) is 0 Å². The van der Waals surface area contributed by atoms with Crippen LogP contribution in [0.2, 0.25) is 0 Å². The van der Waals surface area contributed by atoms with Crippen molar-refractivity contribution in [2.45, 2.75) is 32.9 Å². The van der Waals surface area contributed by atoms with Gasteiger partial charge in [-0.15, -0.1) is 6.58 Å². The van der Waals surface area contributed by atoms with E-state index in [9.17, 15) is 4.79 Å². The van der Waals surface area contributed by atoms with Gasteiger partial charge in [0.25, 0.3) is 0 Å². The van der Waals surface area contributed by atoms with Crippen LogP contribution in [0.25, 0.3) is 11.0 Å². The normalized spacial score (nSPS) is 10.9. The summed E-state index contributed by atoms with van der Waals surface area (Å²) < 4.78 is 3.69. The van der Waals surface area contributed by atoms with Crippen molar-refractivity contribution in [3.05, 3.63) is 47.4 Å². The van der Waals surface area contributed by atoms with E-state index in [-0.39, 0.29) is 5.69 Å². The van der Waals surface area contributed by atoms with Crippen molar-refractivity contribution in [3.63, 3.8) is 0 Å². The number of allylic oxidation sites excluding steroid dienone is 1. The van der Waals surface area contributed by atoms with Crippen LogP contribution in [-0.4, -0.2) is 9.13 Å². The maximum absolute atomic E-state index is 12.2. The fraction of sp³-hybridized carbons (Fsp3) is 0.357. The Labute approximate surface area is 101 Å². The Morgan fingerprint density at radius 1 is 1.24 bits per heavy atom. The van der Waals surface area contributed by atoms with E-state index in [2.05, 4.69) is 6.58 Å². The van der Waals surface area contributed by atoms with E-state index in [0.29, 0.717) is 6.54 Å². The second-order valence-electron chi connectivity index (χ2n) is 4.10. The number of hydrogen-bond acceptors (Lipinski definition) is 1. The zero-order chi connectivity index (χ0) is 12.3. The van der Waals surface area contributed by atoms with Crippen LogP contribution in [0, 0.1) is 0 Å². The van der Waals surface area contributed by atoms with Gasteiger partial charge in [0.1, 0.15) is 0 Å². The third kappa shape index (κ3) is 2.05. The highest BCUT2D eigenvalue weighted by Gasteiger charge is 2.10. The van der Waals surface area contributed by atoms with E-state index in [1.165, 1.54) is 0 Å². The lowest BCUT2D eigenvalue weighted by molar-refractivity contribution is 0.614. The van der Waals surface area contributed by atoms with Gasteiger partial charge in [-0.25, -0.2) is 4.79 Å². The molecule has 1 heterocycles. The summed E-state index contributed by atoms with van der Waals surface area (Å²) in [7, 11) is 0. The molecule has 3 heteroatoms. The molecule has 0 amide bonds. The first kappa shape index (κ1) is 11.7. The van der Waals surface area contributed by atoms with Crippen molar-refractivity contribution >= 4 is 11.0 Å². The summed E-state index contributed by atoms with van der Waals surface area (Å²) in [4.78, 5) is 12.2. The predicted molar refractivity (Wildman–Crippen MR) is 71.3 cm³/mol. The molecule has 0 fully saturated rings. The molecule has 0 spiro atoms. The van der Waals surface area contributed by atoms with E-state index < -0.39 is 0 Å². The van der Waals surface area contributed by atoms with E-state index in [1.807, 2.05) is 46.4 Å². The minimum absolute atomic E-state index is 0.0952. The number of imidazole rings is 1. The molecule has 2 rings (SSSR count). The Bertz CT molecular complexity index is 577. The van der Waals surface area contributed by atoms with Gasteiger partial charge >= 0.3 is 5.69 Å². The van der Waals surface area contributed by atoms with Gasteiger partial charge in [-0.2, -0.15) is 0 Å². The number of aryl methyl sites for hydroxylation is 2. The summed E-state index contributed by atoms with van der Waals surface area (Å²) in [6.45, 7) is 7.19. The van der Waals surface area contributed by atoms with Crippen molar-refractivity contribution in [2.75, 3.05) is 0 Å². The third-order valence-corrected chi connectivity index (χ3v) is 3.03. The molecule has 0 aliphatic rings. The molecule has 1 aromatic heterocycles. The van der Waals surface area contributed by atoms with Crippen molar-refractivity contribution in [1.82, 2.24) is 9.13 Å². The van der Waals surface area contributed by atoms with Gasteiger partial charge in [-0.3, -0.25) is 9.13 Å². The lowest BCUT2D eigenvalue weighted by Crippen LogP contribution is -2.23. The van der Waals surface area contributed by atoms with Crippen LogP contribution in [0.3, 0.4) is 0 Å². The van der Waals surface area contributed by atoms with Gasteiger partial charge in [-0.05, 0) is 31.9 Å². The monoisotopic (exact) mass is 230 g/mol. The van der Waals surface area contributed by atoms with Crippen LogP contribution in [0.15, 0.2) is 41.7 Å². The van der Waals surface area contributed by atoms with Gasteiger partial charge in [0.05, 0.1) is 11.0 Å². The largest absolute Gasteiger partial charge is 0.329 e. The van der Waals surface area contributed by atoms with Crippen molar-refractivity contribution < 1.29 is 0 Å². The molecule has 0 aliphatic carbocycles. The van der Waals surface area contributed by atoms with Gasteiger partial charge in [-0.1, -0.05) is 18.2 Å². The second-order valence-corrected chi connectivity index (χ2v) is 4.10. The Balaban J connectivity index is 2.50. The summed E-state index contributed by atoms with van der Waals surface area (Å²) in [5, 5.41) is 0. The molecular formula is C14H18N2O. The average Bonchev–Trinajstić information content (AvgIpc) is 2.62. The quantitative estimate of drug-likeness (QED) is 0.573. The molecule has 3 nitrogen and oxygen atoms in total. The van der Waals surface area contributed by atoms with Crippen LogP contribution < -0.4 is 5.69 Å². The summed E-state index contributed by atoms with van der Waals surface area (Å²) in [6.07, 6.45) is 3.79. The lowest BCUT2D eigenvalue weighted by atomic mass is 10.3. The molecule has 2 aromatic rings. The minimum atomic E-state index is 0.0952.